The molecule has 0 saturated heterocycles. The summed E-state index contributed by atoms with van der Waals surface area (Å²) in [5, 5.41) is 9.21. The molecule has 16 heavy (non-hydrogen) atoms. The highest BCUT2D eigenvalue weighted by atomic mass is 79.9. The van der Waals surface area contributed by atoms with Crippen molar-refractivity contribution in [2.24, 2.45) is 0 Å². The monoisotopic (exact) mass is 305 g/mol. The predicted octanol–water partition coefficient (Wildman–Crippen LogP) is 1.81. The van der Waals surface area contributed by atoms with Crippen LogP contribution in [-0.4, -0.2) is 34.9 Å². The van der Waals surface area contributed by atoms with E-state index in [2.05, 4.69) is 25.7 Å². The molecule has 1 aromatic heterocycles. The van der Waals surface area contributed by atoms with Crippen molar-refractivity contribution in [1.82, 2.24) is 4.98 Å². The Bertz CT molecular complexity index is 424. The van der Waals surface area contributed by atoms with Crippen LogP contribution in [0.5, 0.6) is 0 Å². The van der Waals surface area contributed by atoms with Crippen molar-refractivity contribution >= 4 is 39.6 Å². The largest absolute Gasteiger partial charge is 0.478 e. The van der Waals surface area contributed by atoms with Crippen molar-refractivity contribution in [2.45, 2.75) is 5.03 Å². The van der Waals surface area contributed by atoms with Gasteiger partial charge in [-0.2, -0.15) is 0 Å². The summed E-state index contributed by atoms with van der Waals surface area (Å²) in [5.41, 5.74) is 0.0586. The number of aromatic nitrogens is 1. The number of aromatic carboxylic acids is 1. The Morgan fingerprint density at radius 3 is 2.88 bits per heavy atom. The molecule has 0 amide bonds. The molecule has 5 nitrogen and oxygen atoms in total. The molecule has 0 aliphatic rings. The number of ether oxygens (including phenoxy) is 1. The fourth-order valence-corrected chi connectivity index (χ4v) is 2.01. The highest BCUT2D eigenvalue weighted by Crippen LogP contribution is 2.23. The highest BCUT2D eigenvalue weighted by molar-refractivity contribution is 9.10. The quantitative estimate of drug-likeness (QED) is 0.675. The van der Waals surface area contributed by atoms with Crippen LogP contribution in [0, 0.1) is 0 Å². The van der Waals surface area contributed by atoms with E-state index in [-0.39, 0.29) is 11.3 Å². The smallest absolute Gasteiger partial charge is 0.338 e. The van der Waals surface area contributed by atoms with E-state index in [1.165, 1.54) is 19.4 Å². The lowest BCUT2D eigenvalue weighted by molar-refractivity contribution is -0.137. The molecular weight excluding hydrogens is 298 g/mol. The average Bonchev–Trinajstić information content (AvgIpc) is 2.26. The average molecular weight is 306 g/mol. The number of hydrogen-bond donors (Lipinski definition) is 1. The fraction of sp³-hybridized carbons (Fsp3) is 0.222. The van der Waals surface area contributed by atoms with Crippen LogP contribution in [0.1, 0.15) is 10.4 Å². The fourth-order valence-electron chi connectivity index (χ4n) is 0.881. The van der Waals surface area contributed by atoms with Gasteiger partial charge in [0, 0.05) is 10.7 Å². The van der Waals surface area contributed by atoms with Crippen LogP contribution >= 0.6 is 27.7 Å². The van der Waals surface area contributed by atoms with E-state index < -0.39 is 11.9 Å². The maximum Gasteiger partial charge on any atom is 0.338 e. The molecule has 0 bridgehead atoms. The molecule has 0 aromatic carbocycles. The molecule has 1 aromatic rings. The summed E-state index contributed by atoms with van der Waals surface area (Å²) in [6.45, 7) is 0. The van der Waals surface area contributed by atoms with Gasteiger partial charge in [0.25, 0.3) is 0 Å². The minimum absolute atomic E-state index is 0.0331. The second kappa shape index (κ2) is 5.86. The topological polar surface area (TPSA) is 76.5 Å². The molecule has 0 atom stereocenters. The van der Waals surface area contributed by atoms with Crippen molar-refractivity contribution < 1.29 is 19.4 Å². The van der Waals surface area contributed by atoms with Crippen molar-refractivity contribution in [2.75, 3.05) is 12.9 Å². The Kier molecular flexibility index (Phi) is 4.75. The maximum atomic E-state index is 10.9. The zero-order valence-electron chi connectivity index (χ0n) is 8.27. The van der Waals surface area contributed by atoms with E-state index in [0.717, 1.165) is 11.8 Å². The molecule has 0 saturated carbocycles. The zero-order valence-corrected chi connectivity index (χ0v) is 10.7. The zero-order chi connectivity index (χ0) is 12.1. The molecule has 1 rings (SSSR count). The first-order valence-electron chi connectivity index (χ1n) is 4.13. The van der Waals surface area contributed by atoms with E-state index in [9.17, 15) is 9.59 Å². The second-order valence-electron chi connectivity index (χ2n) is 2.68. The number of carbonyl (C=O) groups is 2. The third kappa shape index (κ3) is 3.49. The van der Waals surface area contributed by atoms with Gasteiger partial charge in [-0.15, -0.1) is 0 Å². The van der Waals surface area contributed by atoms with E-state index in [4.69, 9.17) is 5.11 Å². The normalized spacial score (nSPS) is 9.88. The highest BCUT2D eigenvalue weighted by Gasteiger charge is 2.14. The lowest BCUT2D eigenvalue weighted by Gasteiger charge is -2.04. The first-order valence-corrected chi connectivity index (χ1v) is 5.91. The number of thioether (sulfide) groups is 1. The molecule has 0 radical (unpaired) electrons. The third-order valence-electron chi connectivity index (χ3n) is 1.60. The summed E-state index contributed by atoms with van der Waals surface area (Å²) < 4.78 is 5.03. The standard InChI is InChI=1S/C9H8BrNO4S/c1-15-7(12)4-16-8-6(9(13)14)2-5(10)3-11-8/h2-3H,4H2,1H3,(H,13,14). The number of nitrogens with zero attached hydrogens (tertiary/aromatic N) is 1. The molecule has 0 aliphatic carbocycles. The number of rotatable bonds is 4. The van der Waals surface area contributed by atoms with Gasteiger partial charge in [-0.1, -0.05) is 11.8 Å². The summed E-state index contributed by atoms with van der Waals surface area (Å²) >= 11 is 4.16. The first kappa shape index (κ1) is 13.0. The van der Waals surface area contributed by atoms with Crippen LogP contribution in [-0.2, 0) is 9.53 Å². The number of hydrogen-bond acceptors (Lipinski definition) is 5. The summed E-state index contributed by atoms with van der Waals surface area (Å²) in [6.07, 6.45) is 1.48. The maximum absolute atomic E-state index is 10.9. The van der Waals surface area contributed by atoms with Crippen molar-refractivity contribution in [1.29, 1.82) is 0 Å². The van der Waals surface area contributed by atoms with Crippen LogP contribution in [0.3, 0.4) is 0 Å². The Labute approximate surface area is 104 Å². The number of carbonyl (C=O) groups excluding carboxylic acids is 1. The second-order valence-corrected chi connectivity index (χ2v) is 4.56. The minimum atomic E-state index is -1.08. The van der Waals surface area contributed by atoms with Gasteiger partial charge in [0.05, 0.1) is 18.4 Å². The van der Waals surface area contributed by atoms with E-state index in [1.54, 1.807) is 0 Å². The number of methoxy groups -OCH3 is 1. The van der Waals surface area contributed by atoms with Crippen molar-refractivity contribution in [3.63, 3.8) is 0 Å². The Morgan fingerprint density at radius 1 is 1.62 bits per heavy atom. The summed E-state index contributed by atoms with van der Waals surface area (Å²) in [5.74, 6) is -1.47. The van der Waals surface area contributed by atoms with Gasteiger partial charge in [0.1, 0.15) is 5.03 Å². The Hall–Kier alpha value is -1.08. The molecule has 0 fully saturated rings. The van der Waals surface area contributed by atoms with E-state index >= 15 is 0 Å². The molecule has 0 spiro atoms. The van der Waals surface area contributed by atoms with Gasteiger partial charge >= 0.3 is 11.9 Å². The molecular formula is C9H8BrNO4S. The molecule has 0 aliphatic heterocycles. The SMILES string of the molecule is COC(=O)CSc1ncc(Br)cc1C(=O)O. The van der Waals surface area contributed by atoms with Gasteiger partial charge in [0.2, 0.25) is 0 Å². The van der Waals surface area contributed by atoms with Crippen LogP contribution < -0.4 is 0 Å². The Morgan fingerprint density at radius 2 is 2.31 bits per heavy atom. The molecule has 0 unspecified atom stereocenters. The molecule has 1 N–H and O–H groups in total. The summed E-state index contributed by atoms with van der Waals surface area (Å²) in [6, 6.07) is 1.44. The van der Waals surface area contributed by atoms with Gasteiger partial charge in [-0.25, -0.2) is 9.78 Å². The number of esters is 1. The molecule has 7 heteroatoms. The Balaban J connectivity index is 2.87. The predicted molar refractivity (Wildman–Crippen MR) is 61.6 cm³/mol. The van der Waals surface area contributed by atoms with Gasteiger partial charge in [-0.05, 0) is 22.0 Å². The number of carboxylic acid groups (broad SMARTS) is 1. The number of carboxylic acids is 1. The van der Waals surface area contributed by atoms with Crippen molar-refractivity contribution in [3.8, 4) is 0 Å². The van der Waals surface area contributed by atoms with Gasteiger partial charge in [-0.3, -0.25) is 4.79 Å². The van der Waals surface area contributed by atoms with Crippen LogP contribution in [0.15, 0.2) is 21.8 Å². The lowest BCUT2D eigenvalue weighted by Crippen LogP contribution is -2.06. The molecule has 86 valence electrons. The number of halogens is 1. The lowest BCUT2D eigenvalue weighted by atomic mass is 10.3. The van der Waals surface area contributed by atoms with Crippen LogP contribution in [0.25, 0.3) is 0 Å². The van der Waals surface area contributed by atoms with Crippen LogP contribution in [0.4, 0.5) is 0 Å². The summed E-state index contributed by atoms with van der Waals surface area (Å²) in [4.78, 5) is 25.7. The van der Waals surface area contributed by atoms with Crippen molar-refractivity contribution in [3.05, 3.63) is 22.3 Å². The van der Waals surface area contributed by atoms with E-state index in [1.807, 2.05) is 0 Å². The third-order valence-corrected chi connectivity index (χ3v) is 3.02. The molecule has 1 heterocycles. The van der Waals surface area contributed by atoms with Crippen LogP contribution in [0.2, 0.25) is 0 Å². The number of pyridine rings is 1. The summed E-state index contributed by atoms with van der Waals surface area (Å²) in [7, 11) is 1.27. The first-order chi connectivity index (χ1) is 7.54. The minimum Gasteiger partial charge on any atom is -0.478 e. The van der Waals surface area contributed by atoms with Gasteiger partial charge in [0.15, 0.2) is 0 Å². The van der Waals surface area contributed by atoms with Gasteiger partial charge < -0.3 is 9.84 Å². The van der Waals surface area contributed by atoms with E-state index in [0.29, 0.717) is 9.50 Å².